The van der Waals surface area contributed by atoms with Crippen LogP contribution in [-0.4, -0.2) is 43.0 Å². The topological polar surface area (TPSA) is 66.0 Å². The second-order valence-electron chi connectivity index (χ2n) is 8.37. The van der Waals surface area contributed by atoms with Crippen molar-refractivity contribution < 1.29 is 9.53 Å². The number of fused-ring (bicyclic) bond motifs is 1. The van der Waals surface area contributed by atoms with Crippen LogP contribution < -0.4 is 10.6 Å². The van der Waals surface area contributed by atoms with E-state index in [0.717, 1.165) is 38.6 Å². The minimum atomic E-state index is 0.217. The summed E-state index contributed by atoms with van der Waals surface area (Å²) in [5.41, 5.74) is 3.72. The first kappa shape index (κ1) is 23.8. The van der Waals surface area contributed by atoms with Gasteiger partial charge in [0.1, 0.15) is 0 Å². The molecule has 32 heavy (non-hydrogen) atoms. The van der Waals surface area contributed by atoms with Crippen LogP contribution in [0.5, 0.6) is 0 Å². The molecule has 1 aliphatic heterocycles. The summed E-state index contributed by atoms with van der Waals surface area (Å²) >= 11 is 0. The van der Waals surface area contributed by atoms with Crippen LogP contribution in [0.25, 0.3) is 0 Å². The van der Waals surface area contributed by atoms with Gasteiger partial charge in [-0.25, -0.2) is 0 Å². The summed E-state index contributed by atoms with van der Waals surface area (Å²) in [7, 11) is 0. The molecule has 0 saturated carbocycles. The van der Waals surface area contributed by atoms with Gasteiger partial charge < -0.3 is 20.3 Å². The van der Waals surface area contributed by atoms with E-state index in [-0.39, 0.29) is 5.91 Å². The second-order valence-corrected chi connectivity index (χ2v) is 8.37. The van der Waals surface area contributed by atoms with E-state index in [1.54, 1.807) is 0 Å². The zero-order valence-electron chi connectivity index (χ0n) is 19.3. The van der Waals surface area contributed by atoms with Gasteiger partial charge in [0.05, 0.1) is 13.2 Å². The van der Waals surface area contributed by atoms with E-state index >= 15 is 0 Å². The fourth-order valence-electron chi connectivity index (χ4n) is 3.71. The van der Waals surface area contributed by atoms with E-state index in [2.05, 4.69) is 53.7 Å². The number of nitrogens with zero attached hydrogens (tertiary/aromatic N) is 2. The maximum atomic E-state index is 12.5. The summed E-state index contributed by atoms with van der Waals surface area (Å²) in [6, 6.07) is 18.5. The van der Waals surface area contributed by atoms with Gasteiger partial charge in [-0.1, -0.05) is 61.5 Å². The van der Waals surface area contributed by atoms with E-state index < -0.39 is 0 Å². The molecule has 2 aromatic carbocycles. The lowest BCUT2D eigenvalue weighted by Crippen LogP contribution is -2.38. The zero-order valence-corrected chi connectivity index (χ0v) is 19.3. The van der Waals surface area contributed by atoms with Gasteiger partial charge >= 0.3 is 0 Å². The number of aliphatic imine (C=N–C) groups is 1. The number of carbonyl (C=O) groups excluding carboxylic acids is 1. The van der Waals surface area contributed by atoms with Crippen LogP contribution in [-0.2, 0) is 29.2 Å². The standard InChI is InChI=1S/C26H36N4O2/c1-3-27-26(29-16-21(2)19-32-20-22-10-5-4-6-11-22)28-15-9-14-25(31)30-17-23-12-7-8-13-24(23)18-30/h4-8,10-13,21H,3,9,14-20H2,1-2H3,(H2,27,28,29). The lowest BCUT2D eigenvalue weighted by Gasteiger charge is -2.16. The molecule has 2 aromatic rings. The Kier molecular flexibility index (Phi) is 9.57. The van der Waals surface area contributed by atoms with Gasteiger partial charge in [-0.05, 0) is 36.0 Å². The third-order valence-corrected chi connectivity index (χ3v) is 5.47. The van der Waals surface area contributed by atoms with Crippen molar-refractivity contribution in [2.24, 2.45) is 10.9 Å². The van der Waals surface area contributed by atoms with Crippen molar-refractivity contribution in [2.45, 2.75) is 46.4 Å². The molecule has 0 aliphatic carbocycles. The molecule has 1 heterocycles. The molecule has 0 aromatic heterocycles. The summed E-state index contributed by atoms with van der Waals surface area (Å²) in [5, 5.41) is 6.63. The normalized spacial score (nSPS) is 14.2. The van der Waals surface area contributed by atoms with Crippen molar-refractivity contribution in [3.8, 4) is 0 Å². The molecule has 6 nitrogen and oxygen atoms in total. The molecule has 6 heteroatoms. The number of guanidine groups is 1. The monoisotopic (exact) mass is 436 g/mol. The maximum absolute atomic E-state index is 12.5. The predicted octanol–water partition coefficient (Wildman–Crippen LogP) is 3.72. The van der Waals surface area contributed by atoms with E-state index in [0.29, 0.717) is 32.1 Å². The van der Waals surface area contributed by atoms with Crippen LogP contribution in [0.3, 0.4) is 0 Å². The smallest absolute Gasteiger partial charge is 0.223 e. The lowest BCUT2D eigenvalue weighted by molar-refractivity contribution is -0.131. The van der Waals surface area contributed by atoms with Gasteiger partial charge in [0.25, 0.3) is 0 Å². The second kappa shape index (κ2) is 12.9. The molecule has 0 radical (unpaired) electrons. The molecule has 0 saturated heterocycles. The Labute approximate surface area is 192 Å². The number of ether oxygens (including phenoxy) is 1. The third kappa shape index (κ3) is 7.68. The molecule has 172 valence electrons. The van der Waals surface area contributed by atoms with Crippen molar-refractivity contribution in [1.82, 2.24) is 15.5 Å². The molecule has 3 rings (SSSR count). The number of amides is 1. The van der Waals surface area contributed by atoms with Gasteiger partial charge in [-0.15, -0.1) is 0 Å². The zero-order chi connectivity index (χ0) is 22.6. The molecule has 0 bridgehead atoms. The summed E-state index contributed by atoms with van der Waals surface area (Å²) in [5.74, 6) is 1.34. The fourth-order valence-corrected chi connectivity index (χ4v) is 3.71. The van der Waals surface area contributed by atoms with Crippen molar-refractivity contribution in [3.05, 3.63) is 71.3 Å². The van der Waals surface area contributed by atoms with Crippen molar-refractivity contribution in [3.63, 3.8) is 0 Å². The van der Waals surface area contributed by atoms with Crippen molar-refractivity contribution >= 4 is 11.9 Å². The average Bonchev–Trinajstić information content (AvgIpc) is 3.25. The number of hydrogen-bond acceptors (Lipinski definition) is 3. The Morgan fingerprint density at radius 1 is 1.06 bits per heavy atom. The molecular formula is C26H36N4O2. The van der Waals surface area contributed by atoms with Crippen LogP contribution in [0.2, 0.25) is 0 Å². The van der Waals surface area contributed by atoms with E-state index in [9.17, 15) is 4.79 Å². The van der Waals surface area contributed by atoms with Gasteiger partial charge in [-0.2, -0.15) is 0 Å². The van der Waals surface area contributed by atoms with Crippen molar-refractivity contribution in [1.29, 1.82) is 0 Å². The minimum absolute atomic E-state index is 0.217. The Hall–Kier alpha value is -2.86. The predicted molar refractivity (Wildman–Crippen MR) is 129 cm³/mol. The van der Waals surface area contributed by atoms with E-state index in [4.69, 9.17) is 4.74 Å². The summed E-state index contributed by atoms with van der Waals surface area (Å²) in [6.07, 6.45) is 1.33. The Bertz CT molecular complexity index is 844. The first-order valence-corrected chi connectivity index (χ1v) is 11.6. The maximum Gasteiger partial charge on any atom is 0.223 e. The third-order valence-electron chi connectivity index (χ3n) is 5.47. The first-order chi connectivity index (χ1) is 15.7. The Morgan fingerprint density at radius 3 is 2.44 bits per heavy atom. The first-order valence-electron chi connectivity index (χ1n) is 11.6. The fraction of sp³-hybridized carbons (Fsp3) is 0.462. The van der Waals surface area contributed by atoms with Crippen LogP contribution in [0.4, 0.5) is 0 Å². The number of rotatable bonds is 11. The lowest BCUT2D eigenvalue weighted by atomic mass is 10.1. The molecular weight excluding hydrogens is 400 g/mol. The summed E-state index contributed by atoms with van der Waals surface area (Å²) in [6.45, 7) is 9.17. The molecule has 1 aliphatic rings. The van der Waals surface area contributed by atoms with E-state index in [1.807, 2.05) is 35.2 Å². The molecule has 0 spiro atoms. The highest BCUT2D eigenvalue weighted by molar-refractivity contribution is 5.80. The number of hydrogen-bond donors (Lipinski definition) is 2. The Morgan fingerprint density at radius 2 is 1.75 bits per heavy atom. The van der Waals surface area contributed by atoms with Gasteiger partial charge in [-0.3, -0.25) is 9.79 Å². The van der Waals surface area contributed by atoms with Crippen LogP contribution >= 0.6 is 0 Å². The highest BCUT2D eigenvalue weighted by atomic mass is 16.5. The van der Waals surface area contributed by atoms with E-state index in [1.165, 1.54) is 16.7 Å². The summed E-state index contributed by atoms with van der Waals surface area (Å²) < 4.78 is 5.82. The van der Waals surface area contributed by atoms with Crippen LogP contribution in [0.1, 0.15) is 43.4 Å². The van der Waals surface area contributed by atoms with Gasteiger partial charge in [0.15, 0.2) is 5.96 Å². The quantitative estimate of drug-likeness (QED) is 0.320. The largest absolute Gasteiger partial charge is 0.376 e. The molecule has 2 N–H and O–H groups in total. The highest BCUT2D eigenvalue weighted by Crippen LogP contribution is 2.22. The van der Waals surface area contributed by atoms with Gasteiger partial charge in [0.2, 0.25) is 5.91 Å². The number of carbonyl (C=O) groups is 1. The molecule has 1 atom stereocenters. The average molecular weight is 437 g/mol. The summed E-state index contributed by atoms with van der Waals surface area (Å²) in [4.78, 5) is 19.2. The molecule has 0 fully saturated rings. The molecule has 1 unspecified atom stereocenters. The SMILES string of the molecule is CCNC(=NCC(C)COCc1ccccc1)NCCCC(=O)N1Cc2ccccc2C1. The van der Waals surface area contributed by atoms with Crippen LogP contribution in [0.15, 0.2) is 59.6 Å². The molecule has 1 amide bonds. The highest BCUT2D eigenvalue weighted by Gasteiger charge is 2.22. The minimum Gasteiger partial charge on any atom is -0.376 e. The van der Waals surface area contributed by atoms with Gasteiger partial charge in [0, 0.05) is 39.1 Å². The Balaban J connectivity index is 1.32. The number of benzene rings is 2. The van der Waals surface area contributed by atoms with Crippen LogP contribution in [0, 0.1) is 5.92 Å². The number of nitrogens with one attached hydrogen (secondary N) is 2. The van der Waals surface area contributed by atoms with Crippen molar-refractivity contribution in [2.75, 3.05) is 26.2 Å².